The van der Waals surface area contributed by atoms with Crippen molar-refractivity contribution < 1.29 is 14.4 Å². The van der Waals surface area contributed by atoms with E-state index in [9.17, 15) is 14.4 Å². The van der Waals surface area contributed by atoms with Crippen molar-refractivity contribution in [2.75, 3.05) is 16.0 Å². The average Bonchev–Trinajstić information content (AvgIpc) is 2.94. The van der Waals surface area contributed by atoms with Crippen LogP contribution in [0.5, 0.6) is 0 Å². The van der Waals surface area contributed by atoms with Crippen molar-refractivity contribution in [3.63, 3.8) is 0 Å². The minimum Gasteiger partial charge on any atom is -0.325 e. The van der Waals surface area contributed by atoms with Gasteiger partial charge in [-0.25, -0.2) is 4.90 Å². The van der Waals surface area contributed by atoms with Gasteiger partial charge in [0.15, 0.2) is 0 Å². The molecule has 0 aliphatic carbocycles. The molecular formula is C20H16N2O3S. The minimum atomic E-state index is -0.550. The van der Waals surface area contributed by atoms with Crippen LogP contribution in [0.15, 0.2) is 54.6 Å². The maximum absolute atomic E-state index is 12.5. The Bertz CT molecular complexity index is 889. The predicted molar refractivity (Wildman–Crippen MR) is 103 cm³/mol. The summed E-state index contributed by atoms with van der Waals surface area (Å²) in [7, 11) is 0. The van der Waals surface area contributed by atoms with E-state index in [0.717, 1.165) is 0 Å². The van der Waals surface area contributed by atoms with Gasteiger partial charge in [0.2, 0.25) is 17.7 Å². The highest BCUT2D eigenvalue weighted by atomic mass is 32.2. The van der Waals surface area contributed by atoms with Crippen molar-refractivity contribution in [3.05, 3.63) is 60.2 Å². The van der Waals surface area contributed by atoms with E-state index in [1.807, 2.05) is 6.07 Å². The van der Waals surface area contributed by atoms with Crippen LogP contribution in [0.1, 0.15) is 12.0 Å². The van der Waals surface area contributed by atoms with E-state index < -0.39 is 5.25 Å². The molecule has 3 rings (SSSR count). The lowest BCUT2D eigenvalue weighted by atomic mass is 10.2. The number of hydrogen-bond donors (Lipinski definition) is 1. The van der Waals surface area contributed by atoms with Crippen LogP contribution < -0.4 is 10.2 Å². The number of carbonyl (C=O) groups excluding carboxylic acids is 3. The summed E-state index contributed by atoms with van der Waals surface area (Å²) < 4.78 is 0. The second kappa shape index (κ2) is 7.89. The maximum Gasteiger partial charge on any atom is 0.247 e. The molecule has 1 aliphatic rings. The molecule has 0 saturated carbocycles. The Labute approximate surface area is 155 Å². The molecule has 2 aromatic rings. The van der Waals surface area contributed by atoms with Gasteiger partial charge in [0.1, 0.15) is 0 Å². The molecule has 130 valence electrons. The van der Waals surface area contributed by atoms with Crippen LogP contribution >= 0.6 is 11.8 Å². The molecule has 0 spiro atoms. The van der Waals surface area contributed by atoms with E-state index in [-0.39, 0.29) is 29.9 Å². The van der Waals surface area contributed by atoms with Gasteiger partial charge < -0.3 is 5.32 Å². The summed E-state index contributed by atoms with van der Waals surface area (Å²) in [4.78, 5) is 38.0. The summed E-state index contributed by atoms with van der Waals surface area (Å²) in [6, 6.07) is 15.8. The molecule has 1 aliphatic heterocycles. The number of para-hydroxylation sites is 1. The van der Waals surface area contributed by atoms with E-state index in [0.29, 0.717) is 16.9 Å². The molecule has 1 atom stereocenters. The average molecular weight is 364 g/mol. The Kier molecular flexibility index (Phi) is 5.40. The van der Waals surface area contributed by atoms with Gasteiger partial charge in [0, 0.05) is 17.7 Å². The molecule has 1 N–H and O–H groups in total. The van der Waals surface area contributed by atoms with Crippen LogP contribution in [0.3, 0.4) is 0 Å². The lowest BCUT2D eigenvalue weighted by Crippen LogP contribution is -2.31. The highest BCUT2D eigenvalue weighted by Gasteiger charge is 2.39. The zero-order chi connectivity index (χ0) is 18.5. The number of carbonyl (C=O) groups is 3. The zero-order valence-corrected chi connectivity index (χ0v) is 14.7. The Morgan fingerprint density at radius 1 is 1.19 bits per heavy atom. The van der Waals surface area contributed by atoms with Gasteiger partial charge in [-0.05, 0) is 30.3 Å². The largest absolute Gasteiger partial charge is 0.325 e. The van der Waals surface area contributed by atoms with Crippen LogP contribution in [0.2, 0.25) is 0 Å². The van der Waals surface area contributed by atoms with Gasteiger partial charge in [-0.2, -0.15) is 0 Å². The number of hydrogen-bond acceptors (Lipinski definition) is 4. The lowest BCUT2D eigenvalue weighted by molar-refractivity contribution is -0.121. The van der Waals surface area contributed by atoms with Crippen LogP contribution in [0.4, 0.5) is 11.4 Å². The standard InChI is InChI=1S/C20H16N2O3S/c1-2-14-7-6-8-15(11-14)21-18(23)13-26-17-12-19(24)22(20(17)25)16-9-4-3-5-10-16/h1,3-11,17H,12-13H2,(H,21,23)/t17-/m1/s1. The van der Waals surface area contributed by atoms with Crippen LogP contribution in [0.25, 0.3) is 0 Å². The van der Waals surface area contributed by atoms with Crippen molar-refractivity contribution in [2.45, 2.75) is 11.7 Å². The number of nitrogens with zero attached hydrogens (tertiary/aromatic N) is 1. The van der Waals surface area contributed by atoms with Crippen LogP contribution in [0, 0.1) is 12.3 Å². The molecule has 0 aromatic heterocycles. The van der Waals surface area contributed by atoms with E-state index in [1.165, 1.54) is 16.7 Å². The van der Waals surface area contributed by atoms with Crippen molar-refractivity contribution in [1.82, 2.24) is 0 Å². The molecular weight excluding hydrogens is 348 g/mol. The second-order valence-corrected chi connectivity index (χ2v) is 6.87. The lowest BCUT2D eigenvalue weighted by Gasteiger charge is -2.14. The predicted octanol–water partition coefficient (Wildman–Crippen LogP) is 2.67. The van der Waals surface area contributed by atoms with Crippen LogP contribution in [-0.4, -0.2) is 28.7 Å². The molecule has 2 aromatic carbocycles. The molecule has 0 radical (unpaired) electrons. The van der Waals surface area contributed by atoms with Crippen molar-refractivity contribution in [1.29, 1.82) is 0 Å². The highest BCUT2D eigenvalue weighted by Crippen LogP contribution is 2.29. The maximum atomic E-state index is 12.5. The fraction of sp³-hybridized carbons (Fsp3) is 0.150. The number of terminal acetylenes is 1. The second-order valence-electron chi connectivity index (χ2n) is 5.68. The summed E-state index contributed by atoms with van der Waals surface area (Å²) >= 11 is 1.17. The molecule has 0 bridgehead atoms. The smallest absolute Gasteiger partial charge is 0.247 e. The van der Waals surface area contributed by atoms with Gasteiger partial charge in [0.05, 0.1) is 16.7 Å². The highest BCUT2D eigenvalue weighted by molar-refractivity contribution is 8.01. The third-order valence-electron chi connectivity index (χ3n) is 3.85. The van der Waals surface area contributed by atoms with Gasteiger partial charge >= 0.3 is 0 Å². The topological polar surface area (TPSA) is 66.5 Å². The first-order valence-electron chi connectivity index (χ1n) is 7.98. The van der Waals surface area contributed by atoms with E-state index >= 15 is 0 Å². The van der Waals surface area contributed by atoms with E-state index in [4.69, 9.17) is 6.42 Å². The summed E-state index contributed by atoms with van der Waals surface area (Å²) in [6.07, 6.45) is 5.43. The summed E-state index contributed by atoms with van der Waals surface area (Å²) in [6.45, 7) is 0. The first-order valence-corrected chi connectivity index (χ1v) is 9.03. The number of imide groups is 1. The van der Waals surface area contributed by atoms with Gasteiger partial charge in [-0.3, -0.25) is 14.4 Å². The van der Waals surface area contributed by atoms with Crippen LogP contribution in [-0.2, 0) is 14.4 Å². The fourth-order valence-electron chi connectivity index (χ4n) is 2.64. The normalized spacial score (nSPS) is 16.4. The van der Waals surface area contributed by atoms with Crippen molar-refractivity contribution in [2.24, 2.45) is 0 Å². The zero-order valence-electron chi connectivity index (χ0n) is 13.8. The SMILES string of the molecule is C#Cc1cccc(NC(=O)CS[C@@H]2CC(=O)N(c3ccccc3)C2=O)c1. The van der Waals surface area contributed by atoms with E-state index in [1.54, 1.807) is 48.5 Å². The monoisotopic (exact) mass is 364 g/mol. The van der Waals surface area contributed by atoms with Crippen molar-refractivity contribution >= 4 is 40.9 Å². The fourth-order valence-corrected chi connectivity index (χ4v) is 3.58. The molecule has 6 heteroatoms. The summed E-state index contributed by atoms with van der Waals surface area (Å²) in [5, 5.41) is 2.19. The first-order chi connectivity index (χ1) is 12.6. The summed E-state index contributed by atoms with van der Waals surface area (Å²) in [5.41, 5.74) is 1.83. The molecule has 26 heavy (non-hydrogen) atoms. The molecule has 1 fully saturated rings. The number of anilines is 2. The third-order valence-corrected chi connectivity index (χ3v) is 5.05. The molecule has 3 amide bonds. The Hall–Kier alpha value is -3.04. The number of nitrogens with one attached hydrogen (secondary N) is 1. The van der Waals surface area contributed by atoms with Crippen molar-refractivity contribution in [3.8, 4) is 12.3 Å². The van der Waals surface area contributed by atoms with Gasteiger partial charge in [-0.1, -0.05) is 30.2 Å². The Morgan fingerprint density at radius 2 is 1.96 bits per heavy atom. The van der Waals surface area contributed by atoms with Gasteiger partial charge in [-0.15, -0.1) is 18.2 Å². The summed E-state index contributed by atoms with van der Waals surface area (Å²) in [5.74, 6) is 1.80. The molecule has 1 heterocycles. The Morgan fingerprint density at radius 3 is 2.69 bits per heavy atom. The van der Waals surface area contributed by atoms with Gasteiger partial charge in [0.25, 0.3) is 0 Å². The Balaban J connectivity index is 1.58. The van der Waals surface area contributed by atoms with E-state index in [2.05, 4.69) is 11.2 Å². The third kappa shape index (κ3) is 3.95. The molecule has 1 saturated heterocycles. The quantitative estimate of drug-likeness (QED) is 0.654. The minimum absolute atomic E-state index is 0.0760. The number of rotatable bonds is 5. The number of amides is 3. The first kappa shape index (κ1) is 17.8. The number of thioether (sulfide) groups is 1. The number of benzene rings is 2. The molecule has 5 nitrogen and oxygen atoms in total. The molecule has 0 unspecified atom stereocenters.